The Kier molecular flexibility index (Phi) is 4.52. The second-order valence-electron chi connectivity index (χ2n) is 6.45. The number of carboxylic acids is 1. The van der Waals surface area contributed by atoms with Crippen molar-refractivity contribution in [2.45, 2.75) is 20.3 Å². The predicted molar refractivity (Wildman–Crippen MR) is 106 cm³/mol. The van der Waals surface area contributed by atoms with Crippen LogP contribution in [0.2, 0.25) is 0 Å². The maximum atomic E-state index is 12.7. The van der Waals surface area contributed by atoms with Gasteiger partial charge in [0.2, 0.25) is 5.78 Å². The number of thiophene rings is 1. The lowest BCUT2D eigenvalue weighted by Gasteiger charge is -2.06. The zero-order valence-corrected chi connectivity index (χ0v) is 16.0. The standard InChI is InChI=1S/C21H16N2O4S/c1-11-9-22-20(12(2)23-11)14-10-28-18(19(14)21(25)26)8-15(24)17-7-13-5-3-4-6-16(13)27-17/h3-7,9-10H,8H2,1-2H3,(H,25,26). The van der Waals surface area contributed by atoms with Gasteiger partial charge in [-0.3, -0.25) is 14.8 Å². The Balaban J connectivity index is 1.71. The van der Waals surface area contributed by atoms with Crippen molar-refractivity contribution in [1.82, 2.24) is 9.97 Å². The summed E-state index contributed by atoms with van der Waals surface area (Å²) in [5.74, 6) is -1.14. The molecule has 0 fully saturated rings. The average Bonchev–Trinajstić information content (AvgIpc) is 3.26. The van der Waals surface area contributed by atoms with E-state index in [0.29, 0.717) is 27.4 Å². The van der Waals surface area contributed by atoms with E-state index in [9.17, 15) is 14.7 Å². The van der Waals surface area contributed by atoms with E-state index >= 15 is 0 Å². The van der Waals surface area contributed by atoms with Crippen molar-refractivity contribution in [2.75, 3.05) is 0 Å². The summed E-state index contributed by atoms with van der Waals surface area (Å²) < 4.78 is 5.61. The molecule has 0 unspecified atom stereocenters. The molecule has 6 nitrogen and oxygen atoms in total. The lowest BCUT2D eigenvalue weighted by molar-refractivity contribution is 0.0697. The minimum atomic E-state index is -1.09. The summed E-state index contributed by atoms with van der Waals surface area (Å²) in [6, 6.07) is 9.03. The number of carbonyl (C=O) groups excluding carboxylic acids is 1. The van der Waals surface area contributed by atoms with Gasteiger partial charge in [-0.25, -0.2) is 4.79 Å². The Labute approximate surface area is 164 Å². The van der Waals surface area contributed by atoms with E-state index in [-0.39, 0.29) is 23.5 Å². The van der Waals surface area contributed by atoms with E-state index in [1.54, 1.807) is 30.6 Å². The summed E-state index contributed by atoms with van der Waals surface area (Å²) in [7, 11) is 0. The molecule has 3 aromatic heterocycles. The highest BCUT2D eigenvalue weighted by Gasteiger charge is 2.24. The van der Waals surface area contributed by atoms with Gasteiger partial charge in [-0.1, -0.05) is 18.2 Å². The van der Waals surface area contributed by atoms with Crippen LogP contribution in [0.4, 0.5) is 0 Å². The van der Waals surface area contributed by atoms with Gasteiger partial charge in [0.25, 0.3) is 0 Å². The number of carbonyl (C=O) groups is 2. The van der Waals surface area contributed by atoms with E-state index < -0.39 is 5.97 Å². The molecule has 0 aliphatic carbocycles. The number of aromatic nitrogens is 2. The first-order chi connectivity index (χ1) is 13.4. The van der Waals surface area contributed by atoms with Crippen molar-refractivity contribution in [3.63, 3.8) is 0 Å². The maximum absolute atomic E-state index is 12.7. The van der Waals surface area contributed by atoms with E-state index in [1.165, 1.54) is 11.3 Å². The zero-order valence-electron chi connectivity index (χ0n) is 15.2. The highest BCUT2D eigenvalue weighted by atomic mass is 32.1. The van der Waals surface area contributed by atoms with Crippen LogP contribution in [0.1, 0.15) is 37.2 Å². The SMILES string of the molecule is Cc1cnc(-c2csc(CC(=O)c3cc4ccccc4o3)c2C(=O)O)c(C)n1. The van der Waals surface area contributed by atoms with Crippen molar-refractivity contribution in [3.05, 3.63) is 69.5 Å². The van der Waals surface area contributed by atoms with Crippen LogP contribution in [-0.4, -0.2) is 26.8 Å². The monoisotopic (exact) mass is 392 g/mol. The first-order valence-electron chi connectivity index (χ1n) is 8.60. The van der Waals surface area contributed by atoms with Crippen LogP contribution in [0.25, 0.3) is 22.2 Å². The molecule has 0 atom stereocenters. The third-order valence-corrected chi connectivity index (χ3v) is 5.41. The molecular weight excluding hydrogens is 376 g/mol. The van der Waals surface area contributed by atoms with Crippen molar-refractivity contribution < 1.29 is 19.1 Å². The number of ketones is 1. The number of aryl methyl sites for hydroxylation is 2. The smallest absolute Gasteiger partial charge is 0.337 e. The van der Waals surface area contributed by atoms with Crippen LogP contribution in [0.3, 0.4) is 0 Å². The number of furan rings is 1. The van der Waals surface area contributed by atoms with Gasteiger partial charge in [-0.2, -0.15) is 0 Å². The molecule has 3 heterocycles. The number of hydrogen-bond donors (Lipinski definition) is 1. The van der Waals surface area contributed by atoms with Crippen molar-refractivity contribution >= 4 is 34.1 Å². The molecular formula is C21H16N2O4S. The second kappa shape index (κ2) is 7.01. The van der Waals surface area contributed by atoms with Gasteiger partial charge in [-0.15, -0.1) is 11.3 Å². The summed E-state index contributed by atoms with van der Waals surface area (Å²) in [6.45, 7) is 3.62. The number of hydrogen-bond acceptors (Lipinski definition) is 6. The number of rotatable bonds is 5. The normalized spacial score (nSPS) is 11.1. The van der Waals surface area contributed by atoms with Crippen LogP contribution in [0, 0.1) is 13.8 Å². The molecule has 7 heteroatoms. The molecule has 0 saturated heterocycles. The lowest BCUT2D eigenvalue weighted by atomic mass is 10.0. The van der Waals surface area contributed by atoms with Crippen molar-refractivity contribution in [3.8, 4) is 11.3 Å². The summed E-state index contributed by atoms with van der Waals surface area (Å²) in [4.78, 5) is 33.8. The van der Waals surface area contributed by atoms with E-state index in [4.69, 9.17) is 4.42 Å². The average molecular weight is 392 g/mol. The van der Waals surface area contributed by atoms with Gasteiger partial charge >= 0.3 is 5.97 Å². The maximum Gasteiger partial charge on any atom is 0.337 e. The van der Waals surface area contributed by atoms with Crippen molar-refractivity contribution in [1.29, 1.82) is 0 Å². The molecule has 28 heavy (non-hydrogen) atoms. The third-order valence-electron chi connectivity index (χ3n) is 4.42. The number of Topliss-reactive ketones (excluding diaryl/α,β-unsaturated/α-hetero) is 1. The molecule has 0 radical (unpaired) electrons. The van der Waals surface area contributed by atoms with E-state index in [1.807, 2.05) is 25.1 Å². The predicted octanol–water partition coefficient (Wildman–Crippen LogP) is 4.69. The molecule has 0 aliphatic heterocycles. The van der Waals surface area contributed by atoms with Crippen LogP contribution in [0.15, 0.2) is 46.3 Å². The van der Waals surface area contributed by atoms with Crippen LogP contribution in [-0.2, 0) is 6.42 Å². The summed E-state index contributed by atoms with van der Waals surface area (Å²) in [5, 5.41) is 12.3. The Morgan fingerprint density at radius 3 is 2.71 bits per heavy atom. The number of fused-ring (bicyclic) bond motifs is 1. The first kappa shape index (κ1) is 18.1. The zero-order chi connectivity index (χ0) is 19.8. The summed E-state index contributed by atoms with van der Waals surface area (Å²) >= 11 is 1.23. The Hall–Kier alpha value is -3.32. The largest absolute Gasteiger partial charge is 0.478 e. The van der Waals surface area contributed by atoms with Crippen LogP contribution in [0.5, 0.6) is 0 Å². The van der Waals surface area contributed by atoms with Crippen LogP contribution >= 0.6 is 11.3 Å². The Morgan fingerprint density at radius 1 is 1.21 bits per heavy atom. The number of nitrogens with zero attached hydrogens (tertiary/aromatic N) is 2. The number of benzene rings is 1. The third kappa shape index (κ3) is 3.20. The van der Waals surface area contributed by atoms with E-state index in [2.05, 4.69) is 9.97 Å². The van der Waals surface area contributed by atoms with Gasteiger partial charge in [0.1, 0.15) is 5.58 Å². The van der Waals surface area contributed by atoms with Crippen molar-refractivity contribution in [2.24, 2.45) is 0 Å². The summed E-state index contributed by atoms with van der Waals surface area (Å²) in [6.07, 6.45) is 1.55. The molecule has 0 bridgehead atoms. The first-order valence-corrected chi connectivity index (χ1v) is 9.48. The fourth-order valence-electron chi connectivity index (χ4n) is 3.15. The van der Waals surface area contributed by atoms with Gasteiger partial charge in [0.05, 0.1) is 22.6 Å². The quantitative estimate of drug-likeness (QED) is 0.495. The molecule has 0 aliphatic rings. The molecule has 4 aromatic rings. The Morgan fingerprint density at radius 2 is 2.00 bits per heavy atom. The van der Waals surface area contributed by atoms with Crippen LogP contribution < -0.4 is 0 Å². The minimum Gasteiger partial charge on any atom is -0.478 e. The van der Waals surface area contributed by atoms with Gasteiger partial charge in [-0.05, 0) is 26.0 Å². The minimum absolute atomic E-state index is 0.0511. The van der Waals surface area contributed by atoms with Gasteiger partial charge in [0.15, 0.2) is 5.76 Å². The molecule has 140 valence electrons. The second-order valence-corrected chi connectivity index (χ2v) is 7.41. The van der Waals surface area contributed by atoms with E-state index in [0.717, 1.165) is 11.1 Å². The Bertz CT molecular complexity index is 1190. The number of carboxylic acid groups (broad SMARTS) is 1. The van der Waals surface area contributed by atoms with Gasteiger partial charge in [0, 0.05) is 33.8 Å². The van der Waals surface area contributed by atoms with Gasteiger partial charge < -0.3 is 9.52 Å². The number of aromatic carboxylic acids is 1. The molecule has 1 aromatic carbocycles. The summed E-state index contributed by atoms with van der Waals surface area (Å²) in [5.41, 5.74) is 3.12. The fourth-order valence-corrected chi connectivity index (χ4v) is 4.17. The topological polar surface area (TPSA) is 93.3 Å². The molecule has 1 N–H and O–H groups in total. The highest BCUT2D eigenvalue weighted by molar-refractivity contribution is 7.11. The highest BCUT2D eigenvalue weighted by Crippen LogP contribution is 2.33. The number of para-hydroxylation sites is 1. The lowest BCUT2D eigenvalue weighted by Crippen LogP contribution is -2.07. The molecule has 4 rings (SSSR count). The fraction of sp³-hybridized carbons (Fsp3) is 0.143. The molecule has 0 amide bonds. The molecule has 0 spiro atoms. The molecule has 0 saturated carbocycles.